The van der Waals surface area contributed by atoms with E-state index in [2.05, 4.69) is 20.9 Å². The SMILES string of the molecule is O=C(O)c1nc(C2CCC2)n2cc(Br)ccc12. The van der Waals surface area contributed by atoms with Gasteiger partial charge in [0.2, 0.25) is 0 Å². The number of hydrogen-bond donors (Lipinski definition) is 1. The van der Waals surface area contributed by atoms with E-state index in [0.29, 0.717) is 11.4 Å². The first-order chi connectivity index (χ1) is 8.16. The Balaban J connectivity index is 2.26. The van der Waals surface area contributed by atoms with Crippen LogP contribution < -0.4 is 0 Å². The van der Waals surface area contributed by atoms with Crippen LogP contribution in [0.25, 0.3) is 5.52 Å². The fourth-order valence-electron chi connectivity index (χ4n) is 2.19. The molecular formula is C12H11BrN2O2. The zero-order valence-electron chi connectivity index (χ0n) is 9.06. The fourth-order valence-corrected chi connectivity index (χ4v) is 2.53. The molecule has 0 amide bonds. The van der Waals surface area contributed by atoms with Gasteiger partial charge in [0.25, 0.3) is 0 Å². The van der Waals surface area contributed by atoms with Crippen molar-refractivity contribution in [2.24, 2.45) is 0 Å². The van der Waals surface area contributed by atoms with Crippen LogP contribution in [0.3, 0.4) is 0 Å². The second kappa shape index (κ2) is 3.84. The Morgan fingerprint density at radius 1 is 1.47 bits per heavy atom. The van der Waals surface area contributed by atoms with Gasteiger partial charge in [-0.25, -0.2) is 9.78 Å². The van der Waals surface area contributed by atoms with Gasteiger partial charge >= 0.3 is 5.97 Å². The molecule has 1 aliphatic carbocycles. The van der Waals surface area contributed by atoms with Crippen molar-refractivity contribution in [1.29, 1.82) is 0 Å². The summed E-state index contributed by atoms with van der Waals surface area (Å²) in [6.45, 7) is 0. The molecule has 0 spiro atoms. The topological polar surface area (TPSA) is 54.6 Å². The smallest absolute Gasteiger partial charge is 0.356 e. The third-order valence-electron chi connectivity index (χ3n) is 3.30. The molecule has 0 aliphatic heterocycles. The largest absolute Gasteiger partial charge is 0.476 e. The summed E-state index contributed by atoms with van der Waals surface area (Å²) < 4.78 is 2.83. The molecule has 0 aromatic carbocycles. The maximum atomic E-state index is 11.2. The van der Waals surface area contributed by atoms with Gasteiger partial charge in [0, 0.05) is 16.6 Å². The molecule has 88 valence electrons. The lowest BCUT2D eigenvalue weighted by atomic mass is 9.85. The van der Waals surface area contributed by atoms with E-state index in [4.69, 9.17) is 5.11 Å². The van der Waals surface area contributed by atoms with Gasteiger partial charge < -0.3 is 9.51 Å². The number of carboxylic acids is 1. The second-order valence-corrected chi connectivity index (χ2v) is 5.27. The minimum absolute atomic E-state index is 0.152. The van der Waals surface area contributed by atoms with Crippen LogP contribution in [-0.2, 0) is 0 Å². The average molecular weight is 295 g/mol. The number of aromatic carboxylic acids is 1. The van der Waals surface area contributed by atoms with Crippen LogP contribution in [0, 0.1) is 0 Å². The Bertz CT molecular complexity index is 602. The quantitative estimate of drug-likeness (QED) is 0.926. The number of pyridine rings is 1. The summed E-state index contributed by atoms with van der Waals surface area (Å²) in [5.41, 5.74) is 0.821. The summed E-state index contributed by atoms with van der Waals surface area (Å²) in [6, 6.07) is 3.64. The molecule has 1 aliphatic rings. The first kappa shape index (κ1) is 10.8. The Hall–Kier alpha value is -1.36. The summed E-state index contributed by atoms with van der Waals surface area (Å²) in [4.78, 5) is 15.4. The van der Waals surface area contributed by atoms with Crippen molar-refractivity contribution in [2.45, 2.75) is 25.2 Å². The Labute approximate surface area is 106 Å². The number of imidazole rings is 1. The van der Waals surface area contributed by atoms with Gasteiger partial charge in [-0.15, -0.1) is 0 Å². The predicted octanol–water partition coefficient (Wildman–Crippen LogP) is 3.06. The highest BCUT2D eigenvalue weighted by Gasteiger charge is 2.27. The van der Waals surface area contributed by atoms with Crippen LogP contribution in [0.15, 0.2) is 22.8 Å². The zero-order chi connectivity index (χ0) is 12.0. The molecule has 2 aromatic heterocycles. The zero-order valence-corrected chi connectivity index (χ0v) is 10.6. The van der Waals surface area contributed by atoms with Crippen molar-refractivity contribution in [3.8, 4) is 0 Å². The number of hydrogen-bond acceptors (Lipinski definition) is 2. The molecule has 17 heavy (non-hydrogen) atoms. The number of carbonyl (C=O) groups is 1. The predicted molar refractivity (Wildman–Crippen MR) is 66.4 cm³/mol. The van der Waals surface area contributed by atoms with Crippen molar-refractivity contribution in [3.05, 3.63) is 34.3 Å². The highest BCUT2D eigenvalue weighted by molar-refractivity contribution is 9.10. The van der Waals surface area contributed by atoms with Gasteiger partial charge in [-0.3, -0.25) is 0 Å². The van der Waals surface area contributed by atoms with Crippen LogP contribution in [0.4, 0.5) is 0 Å². The fraction of sp³-hybridized carbons (Fsp3) is 0.333. The lowest BCUT2D eigenvalue weighted by molar-refractivity contribution is 0.0693. The summed E-state index contributed by atoms with van der Waals surface area (Å²) >= 11 is 3.41. The van der Waals surface area contributed by atoms with E-state index in [9.17, 15) is 4.79 Å². The highest BCUT2D eigenvalue weighted by Crippen LogP contribution is 2.36. The van der Waals surface area contributed by atoms with Gasteiger partial charge in [-0.05, 0) is 40.9 Å². The molecule has 0 bridgehead atoms. The highest BCUT2D eigenvalue weighted by atomic mass is 79.9. The average Bonchev–Trinajstić information content (AvgIpc) is 2.55. The van der Waals surface area contributed by atoms with Crippen molar-refractivity contribution < 1.29 is 9.90 Å². The van der Waals surface area contributed by atoms with Gasteiger partial charge in [0.05, 0.1) is 5.52 Å². The summed E-state index contributed by atoms with van der Waals surface area (Å²) in [5.74, 6) is 0.324. The second-order valence-electron chi connectivity index (χ2n) is 4.35. The molecule has 0 saturated heterocycles. The number of aromatic nitrogens is 2. The third-order valence-corrected chi connectivity index (χ3v) is 3.77. The van der Waals surface area contributed by atoms with Crippen LogP contribution in [-0.4, -0.2) is 20.5 Å². The van der Waals surface area contributed by atoms with E-state index in [1.54, 1.807) is 6.07 Å². The first-order valence-electron chi connectivity index (χ1n) is 5.57. The lowest BCUT2D eigenvalue weighted by Gasteiger charge is -2.23. The van der Waals surface area contributed by atoms with Crippen molar-refractivity contribution in [3.63, 3.8) is 0 Å². The number of carboxylic acid groups (broad SMARTS) is 1. The molecule has 4 nitrogen and oxygen atoms in total. The van der Waals surface area contributed by atoms with Crippen LogP contribution in [0.2, 0.25) is 0 Å². The minimum Gasteiger partial charge on any atom is -0.476 e. The number of halogens is 1. The molecular weight excluding hydrogens is 284 g/mol. The van der Waals surface area contributed by atoms with Gasteiger partial charge in [0.15, 0.2) is 5.69 Å². The molecule has 0 radical (unpaired) electrons. The Morgan fingerprint density at radius 2 is 2.24 bits per heavy atom. The van der Waals surface area contributed by atoms with E-state index in [1.807, 2.05) is 16.7 Å². The normalized spacial score (nSPS) is 16.1. The van der Waals surface area contributed by atoms with E-state index in [-0.39, 0.29) is 5.69 Å². The monoisotopic (exact) mass is 294 g/mol. The Morgan fingerprint density at radius 3 is 2.82 bits per heavy atom. The maximum absolute atomic E-state index is 11.2. The van der Waals surface area contributed by atoms with E-state index in [0.717, 1.165) is 23.1 Å². The Kier molecular flexibility index (Phi) is 2.43. The molecule has 5 heteroatoms. The van der Waals surface area contributed by atoms with Gasteiger partial charge in [-0.1, -0.05) is 6.42 Å². The minimum atomic E-state index is -0.963. The van der Waals surface area contributed by atoms with Crippen LogP contribution in [0.1, 0.15) is 41.5 Å². The molecule has 0 unspecified atom stereocenters. The molecule has 1 fully saturated rings. The first-order valence-corrected chi connectivity index (χ1v) is 6.37. The third kappa shape index (κ3) is 1.65. The molecule has 3 rings (SSSR count). The molecule has 0 atom stereocenters. The lowest BCUT2D eigenvalue weighted by Crippen LogP contribution is -2.12. The molecule has 1 N–H and O–H groups in total. The van der Waals surface area contributed by atoms with Gasteiger partial charge in [0.1, 0.15) is 5.82 Å². The number of fused-ring (bicyclic) bond motifs is 1. The van der Waals surface area contributed by atoms with Crippen molar-refractivity contribution >= 4 is 27.4 Å². The van der Waals surface area contributed by atoms with E-state index in [1.165, 1.54) is 6.42 Å². The number of rotatable bonds is 2. The molecule has 2 aromatic rings. The van der Waals surface area contributed by atoms with E-state index < -0.39 is 5.97 Å². The standard InChI is InChI=1S/C12H11BrN2O2/c13-8-4-5-9-10(12(16)17)14-11(15(9)6-8)7-2-1-3-7/h4-7H,1-3H2,(H,16,17). The maximum Gasteiger partial charge on any atom is 0.356 e. The summed E-state index contributed by atoms with van der Waals surface area (Å²) in [5, 5.41) is 9.15. The molecule has 1 saturated carbocycles. The molecule has 2 heterocycles. The van der Waals surface area contributed by atoms with Gasteiger partial charge in [-0.2, -0.15) is 0 Å². The van der Waals surface area contributed by atoms with Crippen molar-refractivity contribution in [2.75, 3.05) is 0 Å². The number of nitrogens with zero attached hydrogens (tertiary/aromatic N) is 2. The van der Waals surface area contributed by atoms with Crippen LogP contribution >= 0.6 is 15.9 Å². The summed E-state index contributed by atoms with van der Waals surface area (Å²) in [6.07, 6.45) is 5.30. The summed E-state index contributed by atoms with van der Waals surface area (Å²) in [7, 11) is 0. The van der Waals surface area contributed by atoms with Crippen LogP contribution in [0.5, 0.6) is 0 Å². The van der Waals surface area contributed by atoms with Crippen molar-refractivity contribution in [1.82, 2.24) is 9.38 Å². The van der Waals surface area contributed by atoms with E-state index >= 15 is 0 Å².